The molecule has 1 rings (SSSR count). The molecule has 1 atom stereocenters. The number of amides is 2. The van der Waals surface area contributed by atoms with Crippen LogP contribution in [0.2, 0.25) is 0 Å². The van der Waals surface area contributed by atoms with E-state index in [0.29, 0.717) is 0 Å². The zero-order valence-electron chi connectivity index (χ0n) is 12.7. The number of carbonyl (C=O) groups excluding carboxylic acids is 2. The summed E-state index contributed by atoms with van der Waals surface area (Å²) in [5.74, 6) is -1.20. The smallest absolute Gasteiger partial charge is 0.467 e. The van der Waals surface area contributed by atoms with Crippen molar-refractivity contribution in [3.8, 4) is 5.75 Å². The third-order valence-electron chi connectivity index (χ3n) is 2.75. The summed E-state index contributed by atoms with van der Waals surface area (Å²) in [5.41, 5.74) is 0.240. The number of halogens is 3. The van der Waals surface area contributed by atoms with Crippen LogP contribution < -0.4 is 15.4 Å². The van der Waals surface area contributed by atoms with Crippen LogP contribution in [0.4, 0.5) is 23.7 Å². The fourth-order valence-corrected chi connectivity index (χ4v) is 1.67. The lowest BCUT2D eigenvalue weighted by molar-refractivity contribution is -0.274. The summed E-state index contributed by atoms with van der Waals surface area (Å²) >= 11 is 0. The number of methoxy groups -OCH3 is 1. The molecule has 128 valence electrons. The number of carbonyl (C=O) groups is 2. The molecule has 0 radical (unpaired) electrons. The Morgan fingerprint density at radius 1 is 1.13 bits per heavy atom. The van der Waals surface area contributed by atoms with Crippen molar-refractivity contribution in [3.63, 3.8) is 0 Å². The van der Waals surface area contributed by atoms with Gasteiger partial charge in [0.15, 0.2) is 0 Å². The number of esters is 1. The summed E-state index contributed by atoms with van der Waals surface area (Å²) < 4.78 is 44.4. The molecule has 0 fully saturated rings. The first-order chi connectivity index (χ1) is 10.6. The first kappa shape index (κ1) is 18.6. The summed E-state index contributed by atoms with van der Waals surface area (Å²) in [6, 6.07) is 3.07. The number of rotatable bonds is 5. The van der Waals surface area contributed by atoms with Gasteiger partial charge < -0.3 is 20.1 Å². The highest BCUT2D eigenvalue weighted by molar-refractivity contribution is 5.92. The fraction of sp³-hybridized carbons (Fsp3) is 0.429. The maximum atomic E-state index is 12.0. The van der Waals surface area contributed by atoms with E-state index in [9.17, 15) is 22.8 Å². The molecule has 0 unspecified atom stereocenters. The third kappa shape index (κ3) is 6.45. The number of hydrogen-bond acceptors (Lipinski definition) is 4. The molecule has 0 heterocycles. The molecule has 0 bridgehead atoms. The van der Waals surface area contributed by atoms with Gasteiger partial charge in [0.05, 0.1) is 7.11 Å². The van der Waals surface area contributed by atoms with Crippen molar-refractivity contribution in [2.45, 2.75) is 26.3 Å². The Kier molecular flexibility index (Phi) is 6.23. The Morgan fingerprint density at radius 2 is 1.70 bits per heavy atom. The first-order valence-corrected chi connectivity index (χ1v) is 6.63. The number of anilines is 1. The molecule has 0 aliphatic rings. The van der Waals surface area contributed by atoms with E-state index in [-0.39, 0.29) is 11.6 Å². The van der Waals surface area contributed by atoms with Crippen LogP contribution in [0.5, 0.6) is 5.75 Å². The van der Waals surface area contributed by atoms with Crippen LogP contribution in [-0.4, -0.2) is 31.5 Å². The highest BCUT2D eigenvalue weighted by Crippen LogP contribution is 2.23. The summed E-state index contributed by atoms with van der Waals surface area (Å²) in [6.07, 6.45) is -4.78. The Labute approximate surface area is 130 Å². The molecule has 2 amide bonds. The van der Waals surface area contributed by atoms with Crippen LogP contribution >= 0.6 is 0 Å². The highest BCUT2D eigenvalue weighted by Gasteiger charge is 2.31. The lowest BCUT2D eigenvalue weighted by Crippen LogP contribution is -2.46. The second kappa shape index (κ2) is 7.70. The van der Waals surface area contributed by atoms with Crippen molar-refractivity contribution >= 4 is 17.7 Å². The third-order valence-corrected chi connectivity index (χ3v) is 2.75. The zero-order valence-corrected chi connectivity index (χ0v) is 12.7. The number of alkyl halides is 3. The number of urea groups is 1. The number of hydrogen-bond donors (Lipinski definition) is 2. The minimum Gasteiger partial charge on any atom is -0.467 e. The van der Waals surface area contributed by atoms with Gasteiger partial charge >= 0.3 is 18.4 Å². The Balaban J connectivity index is 2.65. The Morgan fingerprint density at radius 3 is 2.13 bits per heavy atom. The van der Waals surface area contributed by atoms with Crippen LogP contribution in [0.3, 0.4) is 0 Å². The van der Waals surface area contributed by atoms with Gasteiger partial charge in [-0.25, -0.2) is 9.59 Å². The maximum Gasteiger partial charge on any atom is 0.573 e. The summed E-state index contributed by atoms with van der Waals surface area (Å²) in [7, 11) is 1.21. The standard InChI is InChI=1S/C14H17F3N2O4/c1-8(2)11(12(20)22-3)19-13(21)18-9-4-6-10(7-5-9)23-14(15,16)17/h4-8,11H,1-3H3,(H2,18,19,21)/t11-/m0/s1. The second-order valence-corrected chi connectivity index (χ2v) is 4.92. The van der Waals surface area contributed by atoms with Crippen LogP contribution in [0, 0.1) is 5.92 Å². The van der Waals surface area contributed by atoms with Crippen LogP contribution in [0.15, 0.2) is 24.3 Å². The molecule has 1 aromatic rings. The van der Waals surface area contributed by atoms with Gasteiger partial charge in [-0.3, -0.25) is 0 Å². The Hall–Kier alpha value is -2.45. The van der Waals surface area contributed by atoms with Gasteiger partial charge in [0.1, 0.15) is 11.8 Å². The van der Waals surface area contributed by atoms with Crippen LogP contribution in [0.1, 0.15) is 13.8 Å². The lowest BCUT2D eigenvalue weighted by Gasteiger charge is -2.20. The van der Waals surface area contributed by atoms with Gasteiger partial charge in [0, 0.05) is 5.69 Å². The molecule has 0 aliphatic heterocycles. The topological polar surface area (TPSA) is 76.7 Å². The van der Waals surface area contributed by atoms with Gasteiger partial charge in [-0.05, 0) is 30.2 Å². The van der Waals surface area contributed by atoms with Gasteiger partial charge in [-0.1, -0.05) is 13.8 Å². The Bertz CT molecular complexity index is 544. The molecule has 23 heavy (non-hydrogen) atoms. The molecule has 9 heteroatoms. The van der Waals surface area contributed by atoms with Crippen molar-refractivity contribution in [1.29, 1.82) is 0 Å². The minimum absolute atomic E-state index is 0.198. The monoisotopic (exact) mass is 334 g/mol. The molecular weight excluding hydrogens is 317 g/mol. The SMILES string of the molecule is COC(=O)[C@@H](NC(=O)Nc1ccc(OC(F)(F)F)cc1)C(C)C. The largest absolute Gasteiger partial charge is 0.573 e. The summed E-state index contributed by atoms with van der Waals surface area (Å²) in [5, 5.41) is 4.83. The summed E-state index contributed by atoms with van der Waals surface area (Å²) in [6.45, 7) is 3.45. The molecule has 0 saturated carbocycles. The van der Waals surface area contributed by atoms with Crippen molar-refractivity contribution in [3.05, 3.63) is 24.3 Å². The minimum atomic E-state index is -4.78. The maximum absolute atomic E-state index is 12.0. The average molecular weight is 334 g/mol. The predicted octanol–water partition coefficient (Wildman–Crippen LogP) is 2.90. The van der Waals surface area contributed by atoms with Gasteiger partial charge in [-0.2, -0.15) is 0 Å². The van der Waals surface area contributed by atoms with E-state index in [1.807, 2.05) is 0 Å². The lowest BCUT2D eigenvalue weighted by atomic mass is 10.1. The van der Waals surface area contributed by atoms with Crippen molar-refractivity contribution in [1.82, 2.24) is 5.32 Å². The van der Waals surface area contributed by atoms with E-state index in [4.69, 9.17) is 0 Å². The molecule has 0 spiro atoms. The van der Waals surface area contributed by atoms with Gasteiger partial charge in [0.25, 0.3) is 0 Å². The number of ether oxygens (including phenoxy) is 2. The van der Waals surface area contributed by atoms with Gasteiger partial charge in [0.2, 0.25) is 0 Å². The van der Waals surface area contributed by atoms with Crippen LogP contribution in [-0.2, 0) is 9.53 Å². The summed E-state index contributed by atoms with van der Waals surface area (Å²) in [4.78, 5) is 23.4. The molecule has 6 nitrogen and oxygen atoms in total. The average Bonchev–Trinajstić information content (AvgIpc) is 2.44. The number of benzene rings is 1. The second-order valence-electron chi connectivity index (χ2n) is 4.92. The molecule has 0 aliphatic carbocycles. The van der Waals surface area contributed by atoms with Crippen molar-refractivity contribution < 1.29 is 32.2 Å². The molecule has 0 saturated heterocycles. The normalized spacial score (nSPS) is 12.5. The first-order valence-electron chi connectivity index (χ1n) is 6.63. The quantitative estimate of drug-likeness (QED) is 0.812. The van der Waals surface area contributed by atoms with E-state index < -0.39 is 30.2 Å². The molecular formula is C14H17F3N2O4. The van der Waals surface area contributed by atoms with E-state index >= 15 is 0 Å². The molecule has 0 aromatic heterocycles. The zero-order chi connectivity index (χ0) is 17.6. The predicted molar refractivity (Wildman–Crippen MR) is 75.9 cm³/mol. The van der Waals surface area contributed by atoms with Crippen LogP contribution in [0.25, 0.3) is 0 Å². The molecule has 1 aromatic carbocycles. The van der Waals surface area contributed by atoms with Crippen molar-refractivity contribution in [2.75, 3.05) is 12.4 Å². The van der Waals surface area contributed by atoms with E-state index in [2.05, 4.69) is 20.1 Å². The number of nitrogens with one attached hydrogen (secondary N) is 2. The van der Waals surface area contributed by atoms with E-state index in [1.54, 1.807) is 13.8 Å². The van der Waals surface area contributed by atoms with Gasteiger partial charge in [-0.15, -0.1) is 13.2 Å². The molecule has 2 N–H and O–H groups in total. The van der Waals surface area contributed by atoms with E-state index in [1.165, 1.54) is 19.2 Å². The van der Waals surface area contributed by atoms with Crippen molar-refractivity contribution in [2.24, 2.45) is 5.92 Å². The fourth-order valence-electron chi connectivity index (χ4n) is 1.67. The van der Waals surface area contributed by atoms with E-state index in [0.717, 1.165) is 12.1 Å². The highest BCUT2D eigenvalue weighted by atomic mass is 19.4.